The van der Waals surface area contributed by atoms with Crippen molar-refractivity contribution < 1.29 is 4.79 Å². The average Bonchev–Trinajstić information content (AvgIpc) is 2.70. The number of unbranched alkanes of at least 4 members (excludes halogenated alkanes) is 2. The van der Waals surface area contributed by atoms with Gasteiger partial charge in [-0.25, -0.2) is 9.97 Å². The molecule has 0 radical (unpaired) electrons. The van der Waals surface area contributed by atoms with Crippen LogP contribution >= 0.6 is 0 Å². The van der Waals surface area contributed by atoms with E-state index in [-0.39, 0.29) is 0 Å². The second-order valence-electron chi connectivity index (χ2n) is 7.78. The number of piperazine rings is 1. The van der Waals surface area contributed by atoms with Gasteiger partial charge in [-0.15, -0.1) is 0 Å². The number of carbonyl (C=O) groups excluding carboxylic acids is 1. The molecule has 1 aliphatic heterocycles. The number of amides is 1. The highest BCUT2D eigenvalue weighted by molar-refractivity contribution is 5.76. The van der Waals surface area contributed by atoms with Gasteiger partial charge in [0.2, 0.25) is 5.91 Å². The van der Waals surface area contributed by atoms with E-state index in [1.807, 2.05) is 17.9 Å². The van der Waals surface area contributed by atoms with Gasteiger partial charge < -0.3 is 9.80 Å². The molecule has 1 amide bonds. The Morgan fingerprint density at radius 3 is 2.46 bits per heavy atom. The molecule has 1 fully saturated rings. The van der Waals surface area contributed by atoms with Crippen molar-refractivity contribution in [1.29, 1.82) is 0 Å². The first kappa shape index (κ1) is 20.3. The van der Waals surface area contributed by atoms with Gasteiger partial charge in [-0.2, -0.15) is 0 Å². The Morgan fingerprint density at radius 2 is 1.79 bits per heavy atom. The highest BCUT2D eigenvalue weighted by Crippen LogP contribution is 2.26. The normalized spacial score (nSPS) is 14.4. The number of anilines is 1. The van der Waals surface area contributed by atoms with Crippen molar-refractivity contribution in [2.24, 2.45) is 0 Å². The lowest BCUT2D eigenvalue weighted by Gasteiger charge is -2.36. The van der Waals surface area contributed by atoms with E-state index in [1.54, 1.807) is 0 Å². The molecule has 0 N–H and O–H groups in total. The van der Waals surface area contributed by atoms with Crippen LogP contribution < -0.4 is 4.90 Å². The lowest BCUT2D eigenvalue weighted by molar-refractivity contribution is -0.131. The number of nitrogens with zero attached hydrogens (tertiary/aromatic N) is 4. The third kappa shape index (κ3) is 4.70. The molecule has 3 rings (SSSR count). The Bertz CT molecular complexity index is 825. The molecular weight excluding hydrogens is 348 g/mol. The van der Waals surface area contributed by atoms with Gasteiger partial charge in [0.05, 0.1) is 0 Å². The maximum Gasteiger partial charge on any atom is 0.222 e. The maximum atomic E-state index is 12.4. The summed E-state index contributed by atoms with van der Waals surface area (Å²) in [4.78, 5) is 26.3. The summed E-state index contributed by atoms with van der Waals surface area (Å²) in [6, 6.07) is 8.32. The number of hydrogen-bond donors (Lipinski definition) is 0. The third-order valence-electron chi connectivity index (χ3n) is 5.57. The fraction of sp³-hybridized carbons (Fsp3) is 0.522. The molecule has 5 nitrogen and oxygen atoms in total. The van der Waals surface area contributed by atoms with Crippen LogP contribution in [0.1, 0.15) is 49.4 Å². The number of aryl methyl sites for hydroxylation is 2. The number of rotatable bonds is 6. The summed E-state index contributed by atoms with van der Waals surface area (Å²) in [6.07, 6.45) is 3.96. The molecule has 1 aromatic carbocycles. The number of benzene rings is 1. The number of carbonyl (C=O) groups is 1. The molecule has 0 spiro atoms. The number of hydrogen-bond acceptors (Lipinski definition) is 4. The first-order chi connectivity index (χ1) is 13.5. The van der Waals surface area contributed by atoms with Crippen molar-refractivity contribution in [3.8, 4) is 11.4 Å². The SMILES string of the molecule is CCCCCC(=O)N1CCN(c2nc(-c3cccc(C)c3)nc(C)c2C)CC1. The standard InChI is InChI=1S/C23H32N4O/c1-5-6-7-11-21(28)26-12-14-27(15-13-26)23-18(3)19(4)24-22(25-23)20-10-8-9-17(2)16-20/h8-10,16H,5-7,11-15H2,1-4H3. The van der Waals surface area contributed by atoms with Crippen LogP contribution in [-0.2, 0) is 4.79 Å². The largest absolute Gasteiger partial charge is 0.353 e. The summed E-state index contributed by atoms with van der Waals surface area (Å²) in [7, 11) is 0. The molecule has 5 heteroatoms. The molecule has 0 bridgehead atoms. The topological polar surface area (TPSA) is 49.3 Å². The minimum atomic E-state index is 0.295. The predicted octanol–water partition coefficient (Wildman–Crippen LogP) is 4.30. The molecule has 28 heavy (non-hydrogen) atoms. The highest BCUT2D eigenvalue weighted by Gasteiger charge is 2.23. The van der Waals surface area contributed by atoms with Crippen LogP contribution in [0, 0.1) is 20.8 Å². The van der Waals surface area contributed by atoms with Crippen LogP contribution in [0.25, 0.3) is 11.4 Å². The van der Waals surface area contributed by atoms with Gasteiger partial charge in [-0.05, 0) is 33.3 Å². The maximum absolute atomic E-state index is 12.4. The molecule has 2 heterocycles. The Hall–Kier alpha value is -2.43. The van der Waals surface area contributed by atoms with Crippen LogP contribution in [0.5, 0.6) is 0 Å². The van der Waals surface area contributed by atoms with E-state index in [0.29, 0.717) is 12.3 Å². The third-order valence-corrected chi connectivity index (χ3v) is 5.57. The summed E-state index contributed by atoms with van der Waals surface area (Å²) in [5.41, 5.74) is 4.39. The van der Waals surface area contributed by atoms with E-state index in [0.717, 1.165) is 73.9 Å². The van der Waals surface area contributed by atoms with Gasteiger partial charge >= 0.3 is 0 Å². The van der Waals surface area contributed by atoms with Gasteiger partial charge in [0.1, 0.15) is 5.82 Å². The van der Waals surface area contributed by atoms with Gasteiger partial charge in [0.25, 0.3) is 0 Å². The predicted molar refractivity (Wildman–Crippen MR) is 115 cm³/mol. The Labute approximate surface area is 168 Å². The summed E-state index contributed by atoms with van der Waals surface area (Å²) in [5, 5.41) is 0. The Morgan fingerprint density at radius 1 is 1.04 bits per heavy atom. The van der Waals surface area contributed by atoms with Crippen LogP contribution in [0.15, 0.2) is 24.3 Å². The van der Waals surface area contributed by atoms with E-state index in [9.17, 15) is 4.79 Å². The van der Waals surface area contributed by atoms with E-state index >= 15 is 0 Å². The minimum absolute atomic E-state index is 0.295. The fourth-order valence-corrected chi connectivity index (χ4v) is 3.69. The highest BCUT2D eigenvalue weighted by atomic mass is 16.2. The summed E-state index contributed by atoms with van der Waals surface area (Å²) < 4.78 is 0. The van der Waals surface area contributed by atoms with Crippen molar-refractivity contribution >= 4 is 11.7 Å². The van der Waals surface area contributed by atoms with Crippen LogP contribution in [0.3, 0.4) is 0 Å². The van der Waals surface area contributed by atoms with Gasteiger partial charge in [-0.3, -0.25) is 4.79 Å². The van der Waals surface area contributed by atoms with E-state index in [4.69, 9.17) is 9.97 Å². The lowest BCUT2D eigenvalue weighted by Crippen LogP contribution is -2.49. The molecular formula is C23H32N4O. The van der Waals surface area contributed by atoms with Gasteiger partial charge in [0.15, 0.2) is 5.82 Å². The van der Waals surface area contributed by atoms with Crippen molar-refractivity contribution in [2.45, 2.75) is 53.4 Å². The zero-order valence-corrected chi connectivity index (χ0v) is 17.7. The first-order valence-electron chi connectivity index (χ1n) is 10.4. The first-order valence-corrected chi connectivity index (χ1v) is 10.4. The van der Waals surface area contributed by atoms with Crippen LogP contribution in [0.4, 0.5) is 5.82 Å². The van der Waals surface area contributed by atoms with Crippen molar-refractivity contribution in [1.82, 2.24) is 14.9 Å². The monoisotopic (exact) mass is 380 g/mol. The van der Waals surface area contributed by atoms with Crippen LogP contribution in [-0.4, -0.2) is 47.0 Å². The van der Waals surface area contributed by atoms with E-state index < -0.39 is 0 Å². The zero-order valence-electron chi connectivity index (χ0n) is 17.7. The molecule has 2 aromatic rings. The fourth-order valence-electron chi connectivity index (χ4n) is 3.69. The van der Waals surface area contributed by atoms with Crippen LogP contribution in [0.2, 0.25) is 0 Å². The van der Waals surface area contributed by atoms with E-state index in [1.165, 1.54) is 5.56 Å². The molecule has 1 aromatic heterocycles. The zero-order chi connectivity index (χ0) is 20.1. The molecule has 150 valence electrons. The Balaban J connectivity index is 1.73. The van der Waals surface area contributed by atoms with Crippen molar-refractivity contribution in [2.75, 3.05) is 31.1 Å². The summed E-state index contributed by atoms with van der Waals surface area (Å²) in [6.45, 7) is 11.6. The van der Waals surface area contributed by atoms with Crippen molar-refractivity contribution in [3.63, 3.8) is 0 Å². The summed E-state index contributed by atoms with van der Waals surface area (Å²) >= 11 is 0. The van der Waals surface area contributed by atoms with Gasteiger partial charge in [0, 0.05) is 49.4 Å². The second-order valence-corrected chi connectivity index (χ2v) is 7.78. The summed E-state index contributed by atoms with van der Waals surface area (Å²) in [5.74, 6) is 2.08. The molecule has 1 aliphatic rings. The molecule has 1 saturated heterocycles. The molecule has 0 unspecified atom stereocenters. The molecule has 0 saturated carbocycles. The molecule has 0 atom stereocenters. The van der Waals surface area contributed by atoms with Crippen molar-refractivity contribution in [3.05, 3.63) is 41.1 Å². The van der Waals surface area contributed by atoms with E-state index in [2.05, 4.69) is 43.9 Å². The minimum Gasteiger partial charge on any atom is -0.353 e. The average molecular weight is 381 g/mol. The quantitative estimate of drug-likeness (QED) is 0.701. The van der Waals surface area contributed by atoms with Gasteiger partial charge in [-0.1, -0.05) is 43.5 Å². The number of aromatic nitrogens is 2. The molecule has 0 aliphatic carbocycles. The smallest absolute Gasteiger partial charge is 0.222 e. The lowest BCUT2D eigenvalue weighted by atomic mass is 10.1. The Kier molecular flexibility index (Phi) is 6.65. The second kappa shape index (κ2) is 9.18.